The Bertz CT molecular complexity index is 1250. The zero-order valence-corrected chi connectivity index (χ0v) is 17.5. The highest BCUT2D eigenvalue weighted by atomic mass is 16.6. The number of benzene rings is 3. The van der Waals surface area contributed by atoms with Crippen LogP contribution in [0.4, 0.5) is 11.6 Å². The number of nitro benzene ring substituents is 1. The molecule has 0 amide bonds. The lowest BCUT2D eigenvalue weighted by Crippen LogP contribution is -2.01. The molecule has 0 fully saturated rings. The average molecular weight is 441 g/mol. The number of nitrogens with one attached hydrogen (secondary N) is 1. The standard InChI is InChI=1S/C24H19N5O4/c1-33-19-12-18(23(30)22(13-19)29(31)32)15-25-28-24-26-20(16-8-4-2-5-9-16)14-21(27-24)17-10-6-3-7-11-17/h2-15,30H,1H3,(H,26,27,28)/b25-15-. The van der Waals surface area contributed by atoms with Crippen molar-refractivity contribution >= 4 is 17.9 Å². The number of hydrogen-bond donors (Lipinski definition) is 2. The fourth-order valence-electron chi connectivity index (χ4n) is 3.14. The molecule has 1 heterocycles. The molecule has 0 aliphatic heterocycles. The molecule has 9 heteroatoms. The minimum Gasteiger partial charge on any atom is -0.502 e. The van der Waals surface area contributed by atoms with Gasteiger partial charge in [-0.25, -0.2) is 15.4 Å². The Hall–Kier alpha value is -4.79. The normalized spacial score (nSPS) is 10.8. The summed E-state index contributed by atoms with van der Waals surface area (Å²) in [6, 6.07) is 23.8. The number of hydrazone groups is 1. The van der Waals surface area contributed by atoms with E-state index in [1.54, 1.807) is 0 Å². The Morgan fingerprint density at radius 3 is 2.06 bits per heavy atom. The molecule has 9 nitrogen and oxygen atoms in total. The molecule has 164 valence electrons. The van der Waals surface area contributed by atoms with Crippen LogP contribution in [0.25, 0.3) is 22.5 Å². The first-order valence-electron chi connectivity index (χ1n) is 9.89. The van der Waals surface area contributed by atoms with Crippen LogP contribution in [0, 0.1) is 10.1 Å². The number of ether oxygens (including phenoxy) is 1. The third-order valence-electron chi connectivity index (χ3n) is 4.76. The van der Waals surface area contributed by atoms with Crippen molar-refractivity contribution in [2.75, 3.05) is 12.5 Å². The number of nitro groups is 1. The molecule has 0 atom stereocenters. The topological polar surface area (TPSA) is 123 Å². The molecule has 4 rings (SSSR count). The molecule has 0 unspecified atom stereocenters. The summed E-state index contributed by atoms with van der Waals surface area (Å²) >= 11 is 0. The third-order valence-corrected chi connectivity index (χ3v) is 4.76. The lowest BCUT2D eigenvalue weighted by molar-refractivity contribution is -0.385. The monoisotopic (exact) mass is 441 g/mol. The van der Waals surface area contributed by atoms with Gasteiger partial charge in [0.25, 0.3) is 0 Å². The Kier molecular flexibility index (Phi) is 6.21. The van der Waals surface area contributed by atoms with E-state index >= 15 is 0 Å². The van der Waals surface area contributed by atoms with Crippen molar-refractivity contribution in [2.24, 2.45) is 5.10 Å². The number of phenolic OH excluding ortho intramolecular Hbond substituents is 1. The summed E-state index contributed by atoms with van der Waals surface area (Å²) in [4.78, 5) is 19.6. The number of aromatic hydroxyl groups is 1. The van der Waals surface area contributed by atoms with Gasteiger partial charge in [0.15, 0.2) is 0 Å². The maximum atomic E-state index is 11.2. The highest BCUT2D eigenvalue weighted by molar-refractivity contribution is 5.87. The minimum atomic E-state index is -0.693. The van der Waals surface area contributed by atoms with Gasteiger partial charge in [0.05, 0.1) is 35.7 Å². The van der Waals surface area contributed by atoms with Gasteiger partial charge in [-0.2, -0.15) is 5.10 Å². The van der Waals surface area contributed by atoms with E-state index in [1.807, 2.05) is 66.7 Å². The number of hydrogen-bond acceptors (Lipinski definition) is 8. The summed E-state index contributed by atoms with van der Waals surface area (Å²) < 4.78 is 5.07. The zero-order chi connectivity index (χ0) is 23.2. The van der Waals surface area contributed by atoms with Gasteiger partial charge >= 0.3 is 5.69 Å². The van der Waals surface area contributed by atoms with E-state index in [0.717, 1.165) is 17.2 Å². The molecule has 0 saturated carbocycles. The Labute approximate surface area is 189 Å². The third kappa shape index (κ3) is 4.93. The van der Waals surface area contributed by atoms with Gasteiger partial charge in [0.1, 0.15) is 5.75 Å². The Morgan fingerprint density at radius 1 is 0.970 bits per heavy atom. The van der Waals surface area contributed by atoms with Crippen LogP contribution < -0.4 is 10.2 Å². The van der Waals surface area contributed by atoms with E-state index in [9.17, 15) is 15.2 Å². The highest BCUT2D eigenvalue weighted by Crippen LogP contribution is 2.33. The highest BCUT2D eigenvalue weighted by Gasteiger charge is 2.18. The Morgan fingerprint density at radius 2 is 1.55 bits per heavy atom. The van der Waals surface area contributed by atoms with Gasteiger partial charge in [-0.05, 0) is 12.1 Å². The number of aromatic nitrogens is 2. The van der Waals surface area contributed by atoms with Crippen molar-refractivity contribution in [1.29, 1.82) is 0 Å². The summed E-state index contributed by atoms with van der Waals surface area (Å²) in [5.74, 6) is -0.0757. The van der Waals surface area contributed by atoms with Crippen molar-refractivity contribution < 1.29 is 14.8 Å². The first kappa shape index (κ1) is 21.4. The largest absolute Gasteiger partial charge is 0.502 e. The number of phenols is 1. The summed E-state index contributed by atoms with van der Waals surface area (Å²) in [7, 11) is 1.38. The van der Waals surface area contributed by atoms with Gasteiger partial charge in [-0.15, -0.1) is 0 Å². The van der Waals surface area contributed by atoms with Crippen molar-refractivity contribution in [3.05, 3.63) is 94.5 Å². The van der Waals surface area contributed by atoms with E-state index in [4.69, 9.17) is 4.74 Å². The van der Waals surface area contributed by atoms with Gasteiger partial charge < -0.3 is 9.84 Å². The van der Waals surface area contributed by atoms with Gasteiger partial charge in [0, 0.05) is 16.7 Å². The summed E-state index contributed by atoms with van der Waals surface area (Å²) in [6.45, 7) is 0. The second kappa shape index (κ2) is 9.56. The molecule has 0 aliphatic rings. The summed E-state index contributed by atoms with van der Waals surface area (Å²) in [5.41, 5.74) is 5.59. The van der Waals surface area contributed by atoms with E-state index < -0.39 is 16.4 Å². The molecule has 0 bridgehead atoms. The van der Waals surface area contributed by atoms with Crippen LogP contribution in [-0.4, -0.2) is 33.3 Å². The van der Waals surface area contributed by atoms with Crippen molar-refractivity contribution in [2.45, 2.75) is 0 Å². The molecule has 3 aromatic carbocycles. The Balaban J connectivity index is 1.69. The summed E-state index contributed by atoms with van der Waals surface area (Å²) in [6.07, 6.45) is 1.24. The maximum Gasteiger partial charge on any atom is 0.315 e. The smallest absolute Gasteiger partial charge is 0.315 e. The molecule has 0 aliphatic carbocycles. The summed E-state index contributed by atoms with van der Waals surface area (Å²) in [5, 5.41) is 25.5. The fraction of sp³-hybridized carbons (Fsp3) is 0.0417. The average Bonchev–Trinajstić information content (AvgIpc) is 2.85. The van der Waals surface area contributed by atoms with E-state index in [0.29, 0.717) is 11.4 Å². The molecule has 0 spiro atoms. The van der Waals surface area contributed by atoms with Crippen LogP contribution in [-0.2, 0) is 0 Å². The van der Waals surface area contributed by atoms with E-state index in [1.165, 1.54) is 19.4 Å². The number of methoxy groups -OCH3 is 1. The lowest BCUT2D eigenvalue weighted by atomic mass is 10.1. The maximum absolute atomic E-state index is 11.2. The molecule has 0 radical (unpaired) electrons. The van der Waals surface area contributed by atoms with Crippen LogP contribution >= 0.6 is 0 Å². The number of anilines is 1. The van der Waals surface area contributed by atoms with Crippen LogP contribution in [0.15, 0.2) is 84.0 Å². The lowest BCUT2D eigenvalue weighted by Gasteiger charge is -2.08. The van der Waals surface area contributed by atoms with Crippen LogP contribution in [0.1, 0.15) is 5.56 Å². The van der Waals surface area contributed by atoms with Crippen LogP contribution in [0.5, 0.6) is 11.5 Å². The van der Waals surface area contributed by atoms with Crippen LogP contribution in [0.3, 0.4) is 0 Å². The zero-order valence-electron chi connectivity index (χ0n) is 17.5. The van der Waals surface area contributed by atoms with Crippen LogP contribution in [0.2, 0.25) is 0 Å². The predicted molar refractivity (Wildman–Crippen MR) is 125 cm³/mol. The minimum absolute atomic E-state index is 0.107. The quantitative estimate of drug-likeness (QED) is 0.238. The predicted octanol–water partition coefficient (Wildman–Crippen LogP) is 4.88. The van der Waals surface area contributed by atoms with E-state index in [2.05, 4.69) is 20.5 Å². The SMILES string of the molecule is COc1cc(/C=N\Nc2nc(-c3ccccc3)cc(-c3ccccc3)n2)c(O)c([N+](=O)[O-])c1. The fourth-order valence-corrected chi connectivity index (χ4v) is 3.14. The van der Waals surface area contributed by atoms with Gasteiger partial charge in [-0.3, -0.25) is 10.1 Å². The second-order valence-corrected chi connectivity index (χ2v) is 6.91. The molecule has 2 N–H and O–H groups in total. The van der Waals surface area contributed by atoms with Crippen molar-refractivity contribution in [1.82, 2.24) is 9.97 Å². The first-order chi connectivity index (χ1) is 16.0. The van der Waals surface area contributed by atoms with Gasteiger partial charge in [-0.1, -0.05) is 60.7 Å². The molecule has 33 heavy (non-hydrogen) atoms. The molecule has 1 aromatic heterocycles. The van der Waals surface area contributed by atoms with Gasteiger partial charge in [0.2, 0.25) is 11.7 Å². The van der Waals surface area contributed by atoms with Crippen molar-refractivity contribution in [3.63, 3.8) is 0 Å². The molecular formula is C24H19N5O4. The first-order valence-corrected chi connectivity index (χ1v) is 9.89. The van der Waals surface area contributed by atoms with Crippen molar-refractivity contribution in [3.8, 4) is 34.0 Å². The number of nitrogens with zero attached hydrogens (tertiary/aromatic N) is 4. The number of rotatable bonds is 7. The second-order valence-electron chi connectivity index (χ2n) is 6.91. The van der Waals surface area contributed by atoms with E-state index in [-0.39, 0.29) is 17.3 Å². The molecular weight excluding hydrogens is 422 g/mol. The molecule has 4 aromatic rings. The molecule has 0 saturated heterocycles.